The number of aliphatic hydroxyl groups excluding tert-OH is 1. The van der Waals surface area contributed by atoms with Crippen molar-refractivity contribution in [2.24, 2.45) is 5.92 Å². The fraction of sp³-hybridized carbons (Fsp3) is 0.692. The molecule has 8 heteroatoms. The van der Waals surface area contributed by atoms with E-state index in [1.165, 1.54) is 7.05 Å². The Hall–Kier alpha value is -1.57. The maximum atomic E-state index is 12.9. The van der Waals surface area contributed by atoms with Crippen LogP contribution in [0.1, 0.15) is 25.0 Å². The fourth-order valence-electron chi connectivity index (χ4n) is 2.54. The standard InChI is InChI=1S/C13H19F3N4O/c1-17-12-18-10(13(14,15)16)7-11(19-12)20-5-2-3-9(8-20)4-6-21/h7,9,21H,2-6,8H2,1H3,(H,17,18,19). The van der Waals surface area contributed by atoms with Crippen LogP contribution in [0, 0.1) is 5.92 Å². The van der Waals surface area contributed by atoms with E-state index >= 15 is 0 Å². The van der Waals surface area contributed by atoms with Crippen molar-refractivity contribution in [2.75, 3.05) is 37.0 Å². The number of anilines is 2. The maximum Gasteiger partial charge on any atom is 0.433 e. The molecule has 0 saturated carbocycles. The van der Waals surface area contributed by atoms with Crippen LogP contribution in [0.3, 0.4) is 0 Å². The predicted octanol–water partition coefficient (Wildman–Crippen LogP) is 2.14. The van der Waals surface area contributed by atoms with Gasteiger partial charge in [-0.3, -0.25) is 0 Å². The zero-order valence-electron chi connectivity index (χ0n) is 11.8. The third kappa shape index (κ3) is 3.96. The number of rotatable bonds is 4. The van der Waals surface area contributed by atoms with E-state index in [-0.39, 0.29) is 24.3 Å². The van der Waals surface area contributed by atoms with Crippen LogP contribution in [-0.4, -0.2) is 41.8 Å². The Labute approximate surface area is 121 Å². The average Bonchev–Trinajstić information content (AvgIpc) is 2.46. The van der Waals surface area contributed by atoms with Crippen molar-refractivity contribution in [3.8, 4) is 0 Å². The van der Waals surface area contributed by atoms with E-state index in [1.807, 2.05) is 4.90 Å². The second-order valence-corrected chi connectivity index (χ2v) is 5.15. The Morgan fingerprint density at radius 2 is 2.19 bits per heavy atom. The molecule has 0 aliphatic carbocycles. The monoisotopic (exact) mass is 304 g/mol. The molecule has 0 spiro atoms. The molecular formula is C13H19F3N4O. The minimum Gasteiger partial charge on any atom is -0.396 e. The Kier molecular flexibility index (Phi) is 4.87. The highest BCUT2D eigenvalue weighted by Gasteiger charge is 2.34. The summed E-state index contributed by atoms with van der Waals surface area (Å²) in [6, 6.07) is 0.988. The van der Waals surface area contributed by atoms with Gasteiger partial charge in [-0.1, -0.05) is 0 Å². The summed E-state index contributed by atoms with van der Waals surface area (Å²) in [5.41, 5.74) is -0.943. The van der Waals surface area contributed by atoms with E-state index < -0.39 is 11.9 Å². The third-order valence-corrected chi connectivity index (χ3v) is 3.61. The molecule has 0 aromatic carbocycles. The van der Waals surface area contributed by atoms with Gasteiger partial charge in [-0.15, -0.1) is 0 Å². The molecule has 1 aliphatic rings. The smallest absolute Gasteiger partial charge is 0.396 e. The van der Waals surface area contributed by atoms with Gasteiger partial charge in [0.25, 0.3) is 0 Å². The van der Waals surface area contributed by atoms with Crippen LogP contribution in [-0.2, 0) is 6.18 Å². The first kappa shape index (κ1) is 15.8. The Morgan fingerprint density at radius 1 is 1.43 bits per heavy atom. The predicted molar refractivity (Wildman–Crippen MR) is 73.2 cm³/mol. The molecule has 1 fully saturated rings. The quantitative estimate of drug-likeness (QED) is 0.892. The van der Waals surface area contributed by atoms with Gasteiger partial charge in [0.15, 0.2) is 5.69 Å². The van der Waals surface area contributed by atoms with Gasteiger partial charge >= 0.3 is 6.18 Å². The van der Waals surface area contributed by atoms with Gasteiger partial charge in [0.05, 0.1) is 0 Å². The van der Waals surface area contributed by atoms with Crippen LogP contribution in [0.25, 0.3) is 0 Å². The summed E-state index contributed by atoms with van der Waals surface area (Å²) in [4.78, 5) is 9.42. The first-order valence-corrected chi connectivity index (χ1v) is 6.94. The highest BCUT2D eigenvalue weighted by atomic mass is 19.4. The zero-order valence-corrected chi connectivity index (χ0v) is 11.8. The van der Waals surface area contributed by atoms with Crippen LogP contribution >= 0.6 is 0 Å². The van der Waals surface area contributed by atoms with Gasteiger partial charge in [0.1, 0.15) is 5.82 Å². The average molecular weight is 304 g/mol. The SMILES string of the molecule is CNc1nc(N2CCCC(CCO)C2)cc(C(F)(F)F)n1. The van der Waals surface area contributed by atoms with Crippen molar-refractivity contribution in [3.05, 3.63) is 11.8 Å². The van der Waals surface area contributed by atoms with E-state index in [0.29, 0.717) is 19.5 Å². The summed E-state index contributed by atoms with van der Waals surface area (Å²) in [5.74, 6) is 0.527. The molecule has 1 unspecified atom stereocenters. The van der Waals surface area contributed by atoms with Crippen molar-refractivity contribution in [2.45, 2.75) is 25.4 Å². The van der Waals surface area contributed by atoms with Gasteiger partial charge in [-0.2, -0.15) is 18.2 Å². The van der Waals surface area contributed by atoms with Crippen molar-refractivity contribution in [1.82, 2.24) is 9.97 Å². The molecule has 0 amide bonds. The third-order valence-electron chi connectivity index (χ3n) is 3.61. The second kappa shape index (κ2) is 6.46. The van der Waals surface area contributed by atoms with Crippen LogP contribution < -0.4 is 10.2 Å². The first-order valence-electron chi connectivity index (χ1n) is 6.94. The molecule has 2 rings (SSSR count). The minimum atomic E-state index is -4.50. The number of nitrogens with zero attached hydrogens (tertiary/aromatic N) is 3. The number of aromatic nitrogens is 2. The molecule has 1 aliphatic heterocycles. The summed E-state index contributed by atoms with van der Waals surface area (Å²) in [6.07, 6.45) is -1.98. The Balaban J connectivity index is 2.25. The highest BCUT2D eigenvalue weighted by Crippen LogP contribution is 2.32. The molecule has 2 heterocycles. The Bertz CT molecular complexity index is 479. The molecule has 2 N–H and O–H groups in total. The number of piperidine rings is 1. The van der Waals surface area contributed by atoms with Gasteiger partial charge in [-0.25, -0.2) is 4.98 Å². The minimum absolute atomic E-state index is 0.0379. The molecule has 1 saturated heterocycles. The van der Waals surface area contributed by atoms with Crippen molar-refractivity contribution < 1.29 is 18.3 Å². The van der Waals surface area contributed by atoms with Crippen LogP contribution in [0.4, 0.5) is 24.9 Å². The summed E-state index contributed by atoms with van der Waals surface area (Å²) >= 11 is 0. The molecule has 5 nitrogen and oxygen atoms in total. The molecule has 1 aromatic rings. The van der Waals surface area contributed by atoms with E-state index in [0.717, 1.165) is 18.9 Å². The first-order chi connectivity index (χ1) is 9.94. The summed E-state index contributed by atoms with van der Waals surface area (Å²) in [6.45, 7) is 1.37. The highest BCUT2D eigenvalue weighted by molar-refractivity contribution is 5.45. The number of nitrogens with one attached hydrogen (secondary N) is 1. The lowest BCUT2D eigenvalue weighted by atomic mass is 9.95. The number of alkyl halides is 3. The zero-order chi connectivity index (χ0) is 15.5. The summed E-state index contributed by atoms with van der Waals surface area (Å²) in [7, 11) is 1.49. The molecule has 0 bridgehead atoms. The van der Waals surface area contributed by atoms with Gasteiger partial charge in [0.2, 0.25) is 5.95 Å². The molecular weight excluding hydrogens is 285 g/mol. The topological polar surface area (TPSA) is 61.3 Å². The van der Waals surface area contributed by atoms with Gasteiger partial charge < -0.3 is 15.3 Å². The van der Waals surface area contributed by atoms with E-state index in [2.05, 4.69) is 15.3 Å². The van der Waals surface area contributed by atoms with Gasteiger partial charge in [-0.05, 0) is 25.2 Å². The number of aliphatic hydroxyl groups is 1. The van der Waals surface area contributed by atoms with E-state index in [9.17, 15) is 13.2 Å². The van der Waals surface area contributed by atoms with Crippen LogP contribution in [0.2, 0.25) is 0 Å². The summed E-state index contributed by atoms with van der Waals surface area (Å²) in [5, 5.41) is 11.6. The van der Waals surface area contributed by atoms with Gasteiger partial charge in [0, 0.05) is 32.8 Å². The normalized spacial score (nSPS) is 19.7. The molecule has 1 atom stereocenters. The number of hydrogen-bond donors (Lipinski definition) is 2. The molecule has 1 aromatic heterocycles. The van der Waals surface area contributed by atoms with E-state index in [4.69, 9.17) is 5.11 Å². The molecule has 0 radical (unpaired) electrons. The van der Waals surface area contributed by atoms with E-state index in [1.54, 1.807) is 0 Å². The number of hydrogen-bond acceptors (Lipinski definition) is 5. The number of halogens is 3. The lowest BCUT2D eigenvalue weighted by Gasteiger charge is -2.33. The maximum absolute atomic E-state index is 12.9. The molecule has 21 heavy (non-hydrogen) atoms. The lowest BCUT2D eigenvalue weighted by molar-refractivity contribution is -0.141. The molecule has 118 valence electrons. The van der Waals surface area contributed by atoms with Crippen LogP contribution in [0.15, 0.2) is 6.07 Å². The fourth-order valence-corrected chi connectivity index (χ4v) is 2.54. The lowest BCUT2D eigenvalue weighted by Crippen LogP contribution is -2.36. The largest absolute Gasteiger partial charge is 0.433 e. The van der Waals surface area contributed by atoms with Crippen molar-refractivity contribution in [1.29, 1.82) is 0 Å². The second-order valence-electron chi connectivity index (χ2n) is 5.15. The Morgan fingerprint density at radius 3 is 2.81 bits per heavy atom. The van der Waals surface area contributed by atoms with Crippen molar-refractivity contribution >= 4 is 11.8 Å². The summed E-state index contributed by atoms with van der Waals surface area (Å²) < 4.78 is 38.6. The van der Waals surface area contributed by atoms with Crippen molar-refractivity contribution in [3.63, 3.8) is 0 Å². The van der Waals surface area contributed by atoms with Crippen LogP contribution in [0.5, 0.6) is 0 Å².